The summed E-state index contributed by atoms with van der Waals surface area (Å²) in [5.41, 5.74) is 8.91. The first kappa shape index (κ1) is 14.4. The van der Waals surface area contributed by atoms with Crippen molar-refractivity contribution in [2.24, 2.45) is 11.8 Å². The first-order valence-electron chi connectivity index (χ1n) is 8.27. The van der Waals surface area contributed by atoms with Crippen LogP contribution in [-0.2, 0) is 19.3 Å². The Balaban J connectivity index is 1.98. The maximum absolute atomic E-state index is 2.43. The highest BCUT2D eigenvalue weighted by Crippen LogP contribution is 2.38. The van der Waals surface area contributed by atoms with Crippen LogP contribution in [0.2, 0.25) is 0 Å². The van der Waals surface area contributed by atoms with E-state index in [4.69, 9.17) is 0 Å². The normalized spacial score (nSPS) is 12.9. The molecular weight excluding hydrogens is 252 g/mol. The third kappa shape index (κ3) is 3.05. The summed E-state index contributed by atoms with van der Waals surface area (Å²) < 4.78 is 0. The van der Waals surface area contributed by atoms with Gasteiger partial charge in [-0.3, -0.25) is 0 Å². The Hall–Kier alpha value is -1.56. The zero-order valence-corrected chi connectivity index (χ0v) is 13.7. The van der Waals surface area contributed by atoms with Gasteiger partial charge in [-0.25, -0.2) is 0 Å². The van der Waals surface area contributed by atoms with Gasteiger partial charge < -0.3 is 0 Å². The average molecular weight is 278 g/mol. The molecule has 3 rings (SSSR count). The molecule has 1 aliphatic carbocycles. The van der Waals surface area contributed by atoms with E-state index in [1.54, 1.807) is 0 Å². The Morgan fingerprint density at radius 3 is 1.52 bits per heavy atom. The van der Waals surface area contributed by atoms with Crippen LogP contribution in [0.3, 0.4) is 0 Å². The topological polar surface area (TPSA) is 0 Å². The highest BCUT2D eigenvalue weighted by molar-refractivity contribution is 5.77. The lowest BCUT2D eigenvalue weighted by Gasteiger charge is -2.10. The zero-order chi connectivity index (χ0) is 15.0. The van der Waals surface area contributed by atoms with E-state index in [0.29, 0.717) is 0 Å². The number of hydrogen-bond acceptors (Lipinski definition) is 0. The van der Waals surface area contributed by atoms with Crippen molar-refractivity contribution in [3.63, 3.8) is 0 Å². The predicted octanol–water partition coefficient (Wildman–Crippen LogP) is 5.65. The molecule has 110 valence electrons. The van der Waals surface area contributed by atoms with E-state index in [-0.39, 0.29) is 0 Å². The second-order valence-electron chi connectivity index (χ2n) is 7.36. The van der Waals surface area contributed by atoms with Gasteiger partial charge in [-0.2, -0.15) is 0 Å². The van der Waals surface area contributed by atoms with Gasteiger partial charge in [0, 0.05) is 0 Å². The Morgan fingerprint density at radius 2 is 1.14 bits per heavy atom. The number of benzene rings is 2. The Labute approximate surface area is 129 Å². The maximum atomic E-state index is 2.43. The standard InChI is InChI=1S/C21H26/c1-14(2)9-16-5-7-18-13-19-8-6-17(10-15(3)4)12-21(19)20(18)11-16/h5-8,11-12,14-15H,9-10,13H2,1-4H3. The zero-order valence-electron chi connectivity index (χ0n) is 13.7. The molecule has 0 aliphatic heterocycles. The molecule has 0 unspecified atom stereocenters. The fourth-order valence-electron chi connectivity index (χ4n) is 3.46. The average Bonchev–Trinajstić information content (AvgIpc) is 2.75. The van der Waals surface area contributed by atoms with Gasteiger partial charge in [0.2, 0.25) is 0 Å². The summed E-state index contributed by atoms with van der Waals surface area (Å²) in [5, 5.41) is 0. The minimum absolute atomic E-state index is 0.719. The van der Waals surface area contributed by atoms with Crippen LogP contribution in [0, 0.1) is 11.8 Å². The third-order valence-corrected chi connectivity index (χ3v) is 4.31. The largest absolute Gasteiger partial charge is 0.0625 e. The van der Waals surface area contributed by atoms with Crippen molar-refractivity contribution in [3.05, 3.63) is 58.7 Å². The van der Waals surface area contributed by atoms with E-state index in [1.165, 1.54) is 46.2 Å². The van der Waals surface area contributed by atoms with Gasteiger partial charge in [-0.1, -0.05) is 64.1 Å². The molecule has 1 aliphatic rings. The Bertz CT molecular complexity index is 590. The van der Waals surface area contributed by atoms with Crippen molar-refractivity contribution in [1.29, 1.82) is 0 Å². The summed E-state index contributed by atoms with van der Waals surface area (Å²) in [7, 11) is 0. The fraction of sp³-hybridized carbons (Fsp3) is 0.429. The third-order valence-electron chi connectivity index (χ3n) is 4.31. The van der Waals surface area contributed by atoms with Crippen LogP contribution >= 0.6 is 0 Å². The van der Waals surface area contributed by atoms with Crippen LogP contribution in [0.5, 0.6) is 0 Å². The molecule has 0 atom stereocenters. The van der Waals surface area contributed by atoms with Gasteiger partial charge in [0.1, 0.15) is 0 Å². The van der Waals surface area contributed by atoms with E-state index in [1.807, 2.05) is 0 Å². The van der Waals surface area contributed by atoms with Crippen molar-refractivity contribution in [2.75, 3.05) is 0 Å². The quantitative estimate of drug-likeness (QED) is 0.578. The smallest absolute Gasteiger partial charge is 0.00134 e. The number of hydrogen-bond donors (Lipinski definition) is 0. The summed E-state index contributed by atoms with van der Waals surface area (Å²) in [5.74, 6) is 1.44. The highest BCUT2D eigenvalue weighted by atomic mass is 14.2. The van der Waals surface area contributed by atoms with Crippen LogP contribution in [0.25, 0.3) is 11.1 Å². The lowest BCUT2D eigenvalue weighted by atomic mass is 9.95. The molecule has 2 aromatic carbocycles. The van der Waals surface area contributed by atoms with Crippen LogP contribution in [0.4, 0.5) is 0 Å². The van der Waals surface area contributed by atoms with Crippen molar-refractivity contribution in [2.45, 2.75) is 47.0 Å². The molecule has 0 heterocycles. The summed E-state index contributed by atoms with van der Waals surface area (Å²) >= 11 is 0. The molecule has 0 heteroatoms. The van der Waals surface area contributed by atoms with Crippen molar-refractivity contribution >= 4 is 0 Å². The second kappa shape index (κ2) is 5.67. The SMILES string of the molecule is CC(C)Cc1ccc2c(c1)-c1cc(CC(C)C)ccc1C2. The maximum Gasteiger partial charge on any atom is -0.00134 e. The molecular formula is C21H26. The summed E-state index contributed by atoms with van der Waals surface area (Å²) in [4.78, 5) is 0. The van der Waals surface area contributed by atoms with Gasteiger partial charge in [-0.15, -0.1) is 0 Å². The molecule has 0 radical (unpaired) electrons. The van der Waals surface area contributed by atoms with E-state index in [2.05, 4.69) is 64.1 Å². The summed E-state index contributed by atoms with van der Waals surface area (Å²) in [6, 6.07) is 14.2. The number of fused-ring (bicyclic) bond motifs is 3. The molecule has 2 aromatic rings. The van der Waals surface area contributed by atoms with Crippen LogP contribution in [0.1, 0.15) is 49.9 Å². The van der Waals surface area contributed by atoms with E-state index in [0.717, 1.165) is 18.3 Å². The summed E-state index contributed by atoms with van der Waals surface area (Å²) in [6.07, 6.45) is 3.46. The molecule has 0 N–H and O–H groups in total. The predicted molar refractivity (Wildman–Crippen MR) is 91.8 cm³/mol. The van der Waals surface area contributed by atoms with Gasteiger partial charge in [-0.05, 0) is 64.5 Å². The first-order chi connectivity index (χ1) is 10.0. The minimum atomic E-state index is 0.719. The Morgan fingerprint density at radius 1 is 0.714 bits per heavy atom. The minimum Gasteiger partial charge on any atom is -0.0625 e. The fourth-order valence-corrected chi connectivity index (χ4v) is 3.46. The van der Waals surface area contributed by atoms with E-state index in [9.17, 15) is 0 Å². The van der Waals surface area contributed by atoms with Crippen LogP contribution < -0.4 is 0 Å². The van der Waals surface area contributed by atoms with E-state index >= 15 is 0 Å². The molecule has 0 aromatic heterocycles. The molecule has 0 saturated carbocycles. The molecule has 21 heavy (non-hydrogen) atoms. The lowest BCUT2D eigenvalue weighted by Crippen LogP contribution is -1.95. The van der Waals surface area contributed by atoms with Crippen molar-refractivity contribution in [3.8, 4) is 11.1 Å². The van der Waals surface area contributed by atoms with Gasteiger partial charge in [0.25, 0.3) is 0 Å². The second-order valence-corrected chi connectivity index (χ2v) is 7.36. The molecule has 0 fully saturated rings. The van der Waals surface area contributed by atoms with Gasteiger partial charge in [0.05, 0.1) is 0 Å². The monoisotopic (exact) mass is 278 g/mol. The molecule has 0 amide bonds. The molecule has 0 nitrogen and oxygen atoms in total. The van der Waals surface area contributed by atoms with Crippen molar-refractivity contribution in [1.82, 2.24) is 0 Å². The molecule has 0 bridgehead atoms. The van der Waals surface area contributed by atoms with Crippen LogP contribution in [-0.4, -0.2) is 0 Å². The van der Waals surface area contributed by atoms with Crippen molar-refractivity contribution < 1.29 is 0 Å². The van der Waals surface area contributed by atoms with Gasteiger partial charge >= 0.3 is 0 Å². The lowest BCUT2D eigenvalue weighted by molar-refractivity contribution is 0.647. The van der Waals surface area contributed by atoms with E-state index < -0.39 is 0 Å². The summed E-state index contributed by atoms with van der Waals surface area (Å²) in [6.45, 7) is 9.17. The first-order valence-corrected chi connectivity index (χ1v) is 8.27. The molecule has 0 saturated heterocycles. The highest BCUT2D eigenvalue weighted by Gasteiger charge is 2.19. The van der Waals surface area contributed by atoms with Crippen LogP contribution in [0.15, 0.2) is 36.4 Å². The number of rotatable bonds is 4. The van der Waals surface area contributed by atoms with Gasteiger partial charge in [0.15, 0.2) is 0 Å². The Kier molecular flexibility index (Phi) is 3.89. The molecule has 0 spiro atoms.